The van der Waals surface area contributed by atoms with Gasteiger partial charge in [-0.25, -0.2) is 0 Å². The number of para-hydroxylation sites is 2. The summed E-state index contributed by atoms with van der Waals surface area (Å²) in [5, 5.41) is 5.16. The first-order valence-electron chi connectivity index (χ1n) is 9.30. The van der Waals surface area contributed by atoms with Crippen LogP contribution < -0.4 is 0 Å². The third-order valence-corrected chi connectivity index (χ3v) is 5.56. The summed E-state index contributed by atoms with van der Waals surface area (Å²) in [6, 6.07) is 30.6. The number of rotatable bonds is 1. The molecule has 6 rings (SSSR count). The zero-order chi connectivity index (χ0) is 18.0. The second-order valence-corrected chi connectivity index (χ2v) is 7.28. The molecule has 0 radical (unpaired) electrons. The lowest BCUT2D eigenvalue weighted by Crippen LogP contribution is -1.93. The molecule has 0 saturated carbocycles. The fourth-order valence-corrected chi connectivity index (χ4v) is 4.33. The minimum absolute atomic E-state index is 1.18. The Labute approximate surface area is 156 Å². The predicted molar refractivity (Wildman–Crippen MR) is 115 cm³/mol. The number of hydrogen-bond donors (Lipinski definition) is 1. The molecule has 4 aromatic carbocycles. The predicted octanol–water partition coefficient (Wildman–Crippen LogP) is 6.73. The molecule has 2 heteroatoms. The van der Waals surface area contributed by atoms with E-state index in [2.05, 4.69) is 101 Å². The van der Waals surface area contributed by atoms with Gasteiger partial charge in [-0.3, -0.25) is 0 Å². The Morgan fingerprint density at radius 2 is 1.37 bits per heavy atom. The third kappa shape index (κ3) is 2.01. The van der Waals surface area contributed by atoms with E-state index >= 15 is 0 Å². The molecule has 27 heavy (non-hydrogen) atoms. The highest BCUT2D eigenvalue weighted by Crippen LogP contribution is 2.37. The Kier molecular flexibility index (Phi) is 2.84. The number of benzene rings is 4. The van der Waals surface area contributed by atoms with Crippen LogP contribution in [0.2, 0.25) is 0 Å². The lowest BCUT2D eigenvalue weighted by Gasteiger charge is -2.08. The smallest absolute Gasteiger partial charge is 0.0562 e. The quantitative estimate of drug-likeness (QED) is 0.341. The standard InChI is InChI=1S/C25H18N2/c1-16-11-12-19-21-14-20-18-9-5-6-10-22(18)26-23(20)15-25(21)27(24(19)13-16)17-7-3-2-4-8-17/h2-15,26H,1H3. The molecule has 2 aromatic heterocycles. The van der Waals surface area contributed by atoms with Crippen molar-refractivity contribution in [1.29, 1.82) is 0 Å². The average molecular weight is 346 g/mol. The highest BCUT2D eigenvalue weighted by molar-refractivity contribution is 6.18. The molecule has 128 valence electrons. The van der Waals surface area contributed by atoms with E-state index in [0.29, 0.717) is 0 Å². The maximum absolute atomic E-state index is 3.59. The molecule has 0 fully saturated rings. The first-order chi connectivity index (χ1) is 13.3. The molecule has 0 amide bonds. The van der Waals surface area contributed by atoms with Crippen molar-refractivity contribution in [3.63, 3.8) is 0 Å². The summed E-state index contributed by atoms with van der Waals surface area (Å²) < 4.78 is 2.38. The highest BCUT2D eigenvalue weighted by atomic mass is 15.0. The van der Waals surface area contributed by atoms with E-state index in [1.54, 1.807) is 0 Å². The summed E-state index contributed by atoms with van der Waals surface area (Å²) in [6.45, 7) is 2.16. The van der Waals surface area contributed by atoms with E-state index in [1.807, 2.05) is 0 Å². The van der Waals surface area contributed by atoms with Crippen molar-refractivity contribution in [2.75, 3.05) is 0 Å². The molecule has 0 bridgehead atoms. The van der Waals surface area contributed by atoms with Crippen molar-refractivity contribution in [2.24, 2.45) is 0 Å². The lowest BCUT2D eigenvalue weighted by molar-refractivity contribution is 1.18. The monoisotopic (exact) mass is 346 g/mol. The summed E-state index contributed by atoms with van der Waals surface area (Å²) in [5.41, 5.74) is 7.33. The molecule has 1 N–H and O–H groups in total. The van der Waals surface area contributed by atoms with Crippen LogP contribution in [0.15, 0.2) is 84.9 Å². The molecule has 6 aromatic rings. The van der Waals surface area contributed by atoms with Gasteiger partial charge < -0.3 is 9.55 Å². The molecular formula is C25H18N2. The molecular weight excluding hydrogens is 328 g/mol. The number of nitrogens with one attached hydrogen (secondary N) is 1. The zero-order valence-corrected chi connectivity index (χ0v) is 15.0. The molecule has 0 aliphatic heterocycles. The average Bonchev–Trinajstić information content (AvgIpc) is 3.21. The van der Waals surface area contributed by atoms with E-state index in [0.717, 1.165) is 0 Å². The number of fused-ring (bicyclic) bond motifs is 6. The van der Waals surface area contributed by atoms with Crippen LogP contribution in [-0.2, 0) is 0 Å². The Morgan fingerprint density at radius 3 is 2.26 bits per heavy atom. The number of nitrogens with zero attached hydrogens (tertiary/aromatic N) is 1. The van der Waals surface area contributed by atoms with Gasteiger partial charge in [0.25, 0.3) is 0 Å². The summed E-state index contributed by atoms with van der Waals surface area (Å²) in [5.74, 6) is 0. The van der Waals surface area contributed by atoms with E-state index in [4.69, 9.17) is 0 Å². The summed E-state index contributed by atoms with van der Waals surface area (Å²) in [6.07, 6.45) is 0. The number of aromatic amines is 1. The Balaban J connectivity index is 1.85. The van der Waals surface area contributed by atoms with E-state index in [9.17, 15) is 0 Å². The maximum Gasteiger partial charge on any atom is 0.0562 e. The normalized spacial score (nSPS) is 11.9. The van der Waals surface area contributed by atoms with Crippen molar-refractivity contribution < 1.29 is 0 Å². The van der Waals surface area contributed by atoms with Gasteiger partial charge in [0.2, 0.25) is 0 Å². The van der Waals surface area contributed by atoms with Crippen molar-refractivity contribution in [3.8, 4) is 5.69 Å². The SMILES string of the molecule is Cc1ccc2c3cc4c(cc3n(-c3ccccc3)c2c1)[nH]c1ccccc14. The van der Waals surface area contributed by atoms with Gasteiger partial charge in [0.05, 0.1) is 11.0 Å². The van der Waals surface area contributed by atoms with Crippen LogP contribution in [-0.4, -0.2) is 9.55 Å². The number of hydrogen-bond acceptors (Lipinski definition) is 0. The fourth-order valence-electron chi connectivity index (χ4n) is 4.33. The number of aromatic nitrogens is 2. The molecule has 2 heterocycles. The van der Waals surface area contributed by atoms with Gasteiger partial charge >= 0.3 is 0 Å². The van der Waals surface area contributed by atoms with Crippen LogP contribution in [0, 0.1) is 6.92 Å². The molecule has 0 atom stereocenters. The Bertz CT molecular complexity index is 1470. The van der Waals surface area contributed by atoms with Crippen LogP contribution >= 0.6 is 0 Å². The van der Waals surface area contributed by atoms with Crippen molar-refractivity contribution in [3.05, 3.63) is 90.5 Å². The van der Waals surface area contributed by atoms with Crippen molar-refractivity contribution in [2.45, 2.75) is 6.92 Å². The summed E-state index contributed by atoms with van der Waals surface area (Å²) in [4.78, 5) is 3.59. The summed E-state index contributed by atoms with van der Waals surface area (Å²) >= 11 is 0. The first-order valence-corrected chi connectivity index (χ1v) is 9.30. The molecule has 0 saturated heterocycles. The molecule has 0 aliphatic carbocycles. The third-order valence-electron chi connectivity index (χ3n) is 5.56. The van der Waals surface area contributed by atoms with Gasteiger partial charge in [-0.15, -0.1) is 0 Å². The van der Waals surface area contributed by atoms with Gasteiger partial charge in [-0.05, 0) is 48.9 Å². The van der Waals surface area contributed by atoms with Gasteiger partial charge in [0.1, 0.15) is 0 Å². The second-order valence-electron chi connectivity index (χ2n) is 7.28. The number of H-pyrrole nitrogens is 1. The van der Waals surface area contributed by atoms with E-state index in [1.165, 1.54) is 54.9 Å². The zero-order valence-electron chi connectivity index (χ0n) is 15.0. The van der Waals surface area contributed by atoms with E-state index < -0.39 is 0 Å². The largest absolute Gasteiger partial charge is 0.354 e. The van der Waals surface area contributed by atoms with Crippen LogP contribution in [0.4, 0.5) is 0 Å². The van der Waals surface area contributed by atoms with Crippen LogP contribution in [0.25, 0.3) is 49.3 Å². The van der Waals surface area contributed by atoms with Gasteiger partial charge in [0, 0.05) is 38.3 Å². The van der Waals surface area contributed by atoms with E-state index in [-0.39, 0.29) is 0 Å². The minimum atomic E-state index is 1.18. The topological polar surface area (TPSA) is 20.7 Å². The van der Waals surface area contributed by atoms with Crippen LogP contribution in [0.5, 0.6) is 0 Å². The highest BCUT2D eigenvalue weighted by Gasteiger charge is 2.15. The summed E-state index contributed by atoms with van der Waals surface area (Å²) in [7, 11) is 0. The van der Waals surface area contributed by atoms with Gasteiger partial charge in [-0.1, -0.05) is 48.5 Å². The Hall–Kier alpha value is -3.52. The Morgan fingerprint density at radius 1 is 0.593 bits per heavy atom. The maximum atomic E-state index is 3.59. The fraction of sp³-hybridized carbons (Fsp3) is 0.0400. The molecule has 0 spiro atoms. The molecule has 2 nitrogen and oxygen atoms in total. The van der Waals surface area contributed by atoms with Crippen molar-refractivity contribution in [1.82, 2.24) is 9.55 Å². The van der Waals surface area contributed by atoms with Gasteiger partial charge in [0.15, 0.2) is 0 Å². The lowest BCUT2D eigenvalue weighted by atomic mass is 10.1. The minimum Gasteiger partial charge on any atom is -0.354 e. The van der Waals surface area contributed by atoms with Crippen LogP contribution in [0.1, 0.15) is 5.56 Å². The second kappa shape index (κ2) is 5.24. The first kappa shape index (κ1) is 14.6. The molecule has 0 aliphatic rings. The van der Waals surface area contributed by atoms with Gasteiger partial charge in [-0.2, -0.15) is 0 Å². The van der Waals surface area contributed by atoms with Crippen LogP contribution in [0.3, 0.4) is 0 Å². The number of aryl methyl sites for hydroxylation is 1. The van der Waals surface area contributed by atoms with Crippen molar-refractivity contribution >= 4 is 43.6 Å². The molecule has 0 unspecified atom stereocenters.